The Morgan fingerprint density at radius 1 is 1.36 bits per heavy atom. The van der Waals surface area contributed by atoms with E-state index in [1.807, 2.05) is 6.92 Å². The van der Waals surface area contributed by atoms with E-state index in [0.29, 0.717) is 12.0 Å². The molecule has 0 saturated carbocycles. The molecule has 1 aromatic carbocycles. The van der Waals surface area contributed by atoms with Crippen LogP contribution in [-0.2, 0) is 0 Å². The van der Waals surface area contributed by atoms with Crippen molar-refractivity contribution in [3.63, 3.8) is 0 Å². The molecule has 1 atom stereocenters. The highest BCUT2D eigenvalue weighted by atomic mass is 19.1. The number of halogens is 2. The van der Waals surface area contributed by atoms with Crippen LogP contribution in [0.4, 0.5) is 8.78 Å². The summed E-state index contributed by atoms with van der Waals surface area (Å²) < 4.78 is 26.8. The Hall–Kier alpha value is -0.960. The number of nitrogens with two attached hydrogens (primary N) is 1. The smallest absolute Gasteiger partial charge is 0.133 e. The zero-order valence-corrected chi connectivity index (χ0v) is 8.48. The first-order valence-corrected chi connectivity index (χ1v) is 4.78. The topological polar surface area (TPSA) is 26.0 Å². The Balaban J connectivity index is 3.11. The van der Waals surface area contributed by atoms with Crippen molar-refractivity contribution in [2.75, 3.05) is 0 Å². The molecule has 0 heterocycles. The van der Waals surface area contributed by atoms with E-state index in [1.54, 1.807) is 6.92 Å². The van der Waals surface area contributed by atoms with Gasteiger partial charge < -0.3 is 5.73 Å². The molecule has 1 nitrogen and oxygen atoms in total. The lowest BCUT2D eigenvalue weighted by atomic mass is 10.00. The molecule has 1 rings (SSSR count). The zero-order chi connectivity index (χ0) is 10.7. The normalized spacial score (nSPS) is 12.9. The van der Waals surface area contributed by atoms with Crippen LogP contribution in [0.2, 0.25) is 0 Å². The lowest BCUT2D eigenvalue weighted by Gasteiger charge is -2.13. The number of benzene rings is 1. The fourth-order valence-corrected chi connectivity index (χ4v) is 1.47. The Bertz CT molecular complexity index is 323. The van der Waals surface area contributed by atoms with Gasteiger partial charge >= 0.3 is 0 Å². The largest absolute Gasteiger partial charge is 0.324 e. The SMILES string of the molecule is CCC[C@@H](N)c1c(F)ccc(C)c1F. The predicted octanol–water partition coefficient (Wildman–Crippen LogP) is 3.07. The monoisotopic (exact) mass is 199 g/mol. The maximum absolute atomic E-state index is 13.5. The molecule has 0 fully saturated rings. The summed E-state index contributed by atoms with van der Waals surface area (Å²) >= 11 is 0. The van der Waals surface area contributed by atoms with Crippen LogP contribution in [0, 0.1) is 18.6 Å². The molecule has 3 heteroatoms. The minimum absolute atomic E-state index is 0.0202. The Labute approximate surface area is 82.9 Å². The van der Waals surface area contributed by atoms with Gasteiger partial charge in [-0.15, -0.1) is 0 Å². The molecule has 2 N–H and O–H groups in total. The average Bonchev–Trinajstić information content (AvgIpc) is 2.13. The van der Waals surface area contributed by atoms with Crippen LogP contribution in [0.25, 0.3) is 0 Å². The molecule has 78 valence electrons. The summed E-state index contributed by atoms with van der Waals surface area (Å²) in [6.45, 7) is 3.54. The van der Waals surface area contributed by atoms with Gasteiger partial charge in [-0.1, -0.05) is 19.4 Å². The van der Waals surface area contributed by atoms with Crippen LogP contribution in [0.1, 0.15) is 36.9 Å². The van der Waals surface area contributed by atoms with Gasteiger partial charge in [-0.25, -0.2) is 8.78 Å². The minimum atomic E-state index is -0.547. The van der Waals surface area contributed by atoms with Gasteiger partial charge in [0.2, 0.25) is 0 Å². The van der Waals surface area contributed by atoms with E-state index in [4.69, 9.17) is 5.73 Å². The average molecular weight is 199 g/mol. The molecule has 0 aliphatic heterocycles. The molecule has 0 aliphatic rings. The van der Waals surface area contributed by atoms with Gasteiger partial charge in [0.1, 0.15) is 11.6 Å². The van der Waals surface area contributed by atoms with Crippen LogP contribution in [0.5, 0.6) is 0 Å². The maximum atomic E-state index is 13.5. The molecule has 0 aliphatic carbocycles. The van der Waals surface area contributed by atoms with Crippen molar-refractivity contribution in [1.82, 2.24) is 0 Å². The van der Waals surface area contributed by atoms with Crippen molar-refractivity contribution < 1.29 is 8.78 Å². The lowest BCUT2D eigenvalue weighted by Crippen LogP contribution is -2.14. The number of hydrogen-bond acceptors (Lipinski definition) is 1. The molecule has 0 amide bonds. The second-order valence-electron chi connectivity index (χ2n) is 3.49. The number of aryl methyl sites for hydroxylation is 1. The van der Waals surface area contributed by atoms with Crippen molar-refractivity contribution in [1.29, 1.82) is 0 Å². The van der Waals surface area contributed by atoms with E-state index < -0.39 is 17.7 Å². The molecule has 14 heavy (non-hydrogen) atoms. The number of rotatable bonds is 3. The van der Waals surface area contributed by atoms with Gasteiger partial charge in [0.05, 0.1) is 0 Å². The molecule has 1 aromatic rings. The molecule has 0 radical (unpaired) electrons. The summed E-state index contributed by atoms with van der Waals surface area (Å²) in [6, 6.07) is 2.15. The summed E-state index contributed by atoms with van der Waals surface area (Å²) in [7, 11) is 0. The van der Waals surface area contributed by atoms with Crippen molar-refractivity contribution in [3.05, 3.63) is 34.9 Å². The van der Waals surface area contributed by atoms with Crippen molar-refractivity contribution >= 4 is 0 Å². The molecule has 0 bridgehead atoms. The zero-order valence-electron chi connectivity index (χ0n) is 8.48. The van der Waals surface area contributed by atoms with E-state index in [-0.39, 0.29) is 5.56 Å². The van der Waals surface area contributed by atoms with Gasteiger partial charge in [-0.2, -0.15) is 0 Å². The van der Waals surface area contributed by atoms with E-state index in [9.17, 15) is 8.78 Å². The molecule has 0 unspecified atom stereocenters. The second kappa shape index (κ2) is 4.51. The molecule has 0 aromatic heterocycles. The lowest BCUT2D eigenvalue weighted by molar-refractivity contribution is 0.506. The van der Waals surface area contributed by atoms with E-state index in [2.05, 4.69) is 0 Å². The molecule has 0 spiro atoms. The van der Waals surface area contributed by atoms with Gasteiger partial charge in [0, 0.05) is 11.6 Å². The van der Waals surface area contributed by atoms with Crippen molar-refractivity contribution in [3.8, 4) is 0 Å². The fraction of sp³-hybridized carbons (Fsp3) is 0.455. The molecular weight excluding hydrogens is 184 g/mol. The predicted molar refractivity (Wildman–Crippen MR) is 52.9 cm³/mol. The fourth-order valence-electron chi connectivity index (χ4n) is 1.47. The van der Waals surface area contributed by atoms with Crippen LogP contribution in [0.15, 0.2) is 12.1 Å². The van der Waals surface area contributed by atoms with Gasteiger partial charge in [0.15, 0.2) is 0 Å². The first kappa shape index (κ1) is 11.1. The minimum Gasteiger partial charge on any atom is -0.324 e. The third kappa shape index (κ3) is 2.10. The number of hydrogen-bond donors (Lipinski definition) is 1. The van der Waals surface area contributed by atoms with E-state index >= 15 is 0 Å². The molecule has 0 saturated heterocycles. The summed E-state index contributed by atoms with van der Waals surface area (Å²) in [5.41, 5.74) is 6.15. The van der Waals surface area contributed by atoms with Gasteiger partial charge in [-0.05, 0) is 25.0 Å². The van der Waals surface area contributed by atoms with Gasteiger partial charge in [-0.3, -0.25) is 0 Å². The van der Waals surface area contributed by atoms with Crippen molar-refractivity contribution in [2.24, 2.45) is 5.73 Å². The summed E-state index contributed by atoms with van der Waals surface area (Å²) in [6.07, 6.45) is 1.41. The van der Waals surface area contributed by atoms with E-state index in [0.717, 1.165) is 6.42 Å². The Morgan fingerprint density at radius 2 is 2.00 bits per heavy atom. The third-order valence-corrected chi connectivity index (χ3v) is 2.29. The highest BCUT2D eigenvalue weighted by Crippen LogP contribution is 2.24. The van der Waals surface area contributed by atoms with Crippen LogP contribution < -0.4 is 5.73 Å². The summed E-state index contributed by atoms with van der Waals surface area (Å²) in [4.78, 5) is 0. The quantitative estimate of drug-likeness (QED) is 0.795. The summed E-state index contributed by atoms with van der Waals surface area (Å²) in [5.74, 6) is -1.06. The summed E-state index contributed by atoms with van der Waals surface area (Å²) in [5, 5.41) is 0. The van der Waals surface area contributed by atoms with E-state index in [1.165, 1.54) is 12.1 Å². The highest BCUT2D eigenvalue weighted by Gasteiger charge is 2.17. The van der Waals surface area contributed by atoms with Crippen molar-refractivity contribution in [2.45, 2.75) is 32.7 Å². The first-order valence-electron chi connectivity index (χ1n) is 4.78. The third-order valence-electron chi connectivity index (χ3n) is 2.29. The van der Waals surface area contributed by atoms with Crippen LogP contribution in [0.3, 0.4) is 0 Å². The maximum Gasteiger partial charge on any atom is 0.133 e. The Kier molecular flexibility index (Phi) is 3.58. The van der Waals surface area contributed by atoms with Gasteiger partial charge in [0.25, 0.3) is 0 Å². The molecular formula is C11H15F2N. The highest BCUT2D eigenvalue weighted by molar-refractivity contribution is 5.28. The van der Waals surface area contributed by atoms with Crippen LogP contribution in [-0.4, -0.2) is 0 Å². The second-order valence-corrected chi connectivity index (χ2v) is 3.49. The first-order chi connectivity index (χ1) is 6.57. The Morgan fingerprint density at radius 3 is 2.57 bits per heavy atom. The standard InChI is InChI=1S/C11H15F2N/c1-3-4-9(14)10-8(12)6-5-7(2)11(10)13/h5-6,9H,3-4,14H2,1-2H3/t9-/m1/s1. The van der Waals surface area contributed by atoms with Crippen LogP contribution >= 0.6 is 0 Å².